The van der Waals surface area contributed by atoms with Gasteiger partial charge in [-0.05, 0) is 25.1 Å². The molecule has 1 aromatic heterocycles. The van der Waals surface area contributed by atoms with Gasteiger partial charge in [0, 0.05) is 30.4 Å². The lowest BCUT2D eigenvalue weighted by Crippen LogP contribution is -2.19. The first kappa shape index (κ1) is 12.4. The van der Waals surface area contributed by atoms with E-state index in [1.165, 1.54) is 6.07 Å². The van der Waals surface area contributed by atoms with Crippen LogP contribution in [0, 0.1) is 5.82 Å². The molecule has 0 saturated carbocycles. The highest BCUT2D eigenvalue weighted by atomic mass is 19.1. The molecule has 0 spiro atoms. The largest absolute Gasteiger partial charge is 0.508 e. The monoisotopic (exact) mass is 247 g/mol. The van der Waals surface area contributed by atoms with Crippen LogP contribution in [0.15, 0.2) is 36.5 Å². The van der Waals surface area contributed by atoms with Crippen molar-refractivity contribution >= 4 is 0 Å². The van der Waals surface area contributed by atoms with Crippen molar-refractivity contribution in [2.75, 3.05) is 0 Å². The maximum atomic E-state index is 13.6. The summed E-state index contributed by atoms with van der Waals surface area (Å²) < 4.78 is 13.6. The van der Waals surface area contributed by atoms with E-state index in [0.717, 1.165) is 11.8 Å². The van der Waals surface area contributed by atoms with Crippen LogP contribution in [0.5, 0.6) is 5.75 Å². The van der Waals surface area contributed by atoms with E-state index >= 15 is 0 Å². The van der Waals surface area contributed by atoms with E-state index in [4.69, 9.17) is 5.11 Å². The Kier molecular flexibility index (Phi) is 3.84. The van der Waals surface area contributed by atoms with Crippen molar-refractivity contribution in [3.8, 4) is 5.75 Å². The van der Waals surface area contributed by atoms with Gasteiger partial charge in [0.2, 0.25) is 0 Å². The molecule has 5 heteroatoms. The molecule has 0 saturated heterocycles. The Labute approximate surface area is 105 Å². The molecule has 1 unspecified atom stereocenters. The first-order valence-electron chi connectivity index (χ1n) is 5.65. The summed E-state index contributed by atoms with van der Waals surface area (Å²) >= 11 is 0. The van der Waals surface area contributed by atoms with Gasteiger partial charge < -0.3 is 10.4 Å². The molecule has 0 aliphatic rings. The van der Waals surface area contributed by atoms with Crippen LogP contribution in [0.1, 0.15) is 24.2 Å². The Balaban J connectivity index is 2.01. The summed E-state index contributed by atoms with van der Waals surface area (Å²) in [5.41, 5.74) is 1.31. The van der Waals surface area contributed by atoms with Crippen molar-refractivity contribution < 1.29 is 9.50 Å². The van der Waals surface area contributed by atoms with E-state index in [2.05, 4.69) is 15.5 Å². The third-order valence-corrected chi connectivity index (χ3v) is 2.67. The zero-order chi connectivity index (χ0) is 13.0. The van der Waals surface area contributed by atoms with Gasteiger partial charge in [0.25, 0.3) is 0 Å². The van der Waals surface area contributed by atoms with Crippen LogP contribution < -0.4 is 5.32 Å². The molecule has 0 fully saturated rings. The summed E-state index contributed by atoms with van der Waals surface area (Å²) in [6.07, 6.45) is 1.60. The Morgan fingerprint density at radius 3 is 2.89 bits per heavy atom. The molecule has 0 aliphatic carbocycles. The smallest absolute Gasteiger partial charge is 0.131 e. The van der Waals surface area contributed by atoms with Crippen molar-refractivity contribution in [3.63, 3.8) is 0 Å². The predicted molar refractivity (Wildman–Crippen MR) is 65.4 cm³/mol. The highest BCUT2D eigenvalue weighted by Crippen LogP contribution is 2.21. The average molecular weight is 247 g/mol. The number of benzene rings is 1. The van der Waals surface area contributed by atoms with Gasteiger partial charge in [0.1, 0.15) is 11.6 Å². The Hall–Kier alpha value is -2.01. The van der Waals surface area contributed by atoms with Gasteiger partial charge in [0.05, 0.1) is 5.69 Å². The molecule has 2 N–H and O–H groups in total. The number of aromatic nitrogens is 2. The number of aromatic hydroxyl groups is 1. The van der Waals surface area contributed by atoms with E-state index in [1.807, 2.05) is 13.0 Å². The fourth-order valence-electron chi connectivity index (χ4n) is 1.66. The minimum Gasteiger partial charge on any atom is -0.508 e. The molecule has 18 heavy (non-hydrogen) atoms. The molecule has 1 heterocycles. The fraction of sp³-hybridized carbons (Fsp3) is 0.231. The summed E-state index contributed by atoms with van der Waals surface area (Å²) in [7, 11) is 0. The minimum atomic E-state index is -0.422. The molecule has 0 radical (unpaired) electrons. The quantitative estimate of drug-likeness (QED) is 0.869. The molecule has 0 amide bonds. The Bertz CT molecular complexity index is 519. The summed E-state index contributed by atoms with van der Waals surface area (Å²) in [5, 5.41) is 20.0. The molecule has 1 atom stereocenters. The van der Waals surface area contributed by atoms with Crippen LogP contribution in [0.25, 0.3) is 0 Å². The van der Waals surface area contributed by atoms with Gasteiger partial charge in [-0.15, -0.1) is 0 Å². The van der Waals surface area contributed by atoms with Crippen LogP contribution in [0.2, 0.25) is 0 Å². The number of hydrogen-bond donors (Lipinski definition) is 2. The van der Waals surface area contributed by atoms with E-state index in [1.54, 1.807) is 18.3 Å². The number of hydrogen-bond acceptors (Lipinski definition) is 4. The second-order valence-corrected chi connectivity index (χ2v) is 4.02. The molecule has 2 aromatic rings. The third kappa shape index (κ3) is 3.01. The van der Waals surface area contributed by atoms with Crippen molar-refractivity contribution in [2.45, 2.75) is 19.5 Å². The SMILES string of the molecule is CC(NCc1cccnn1)c1ccc(O)cc1F. The lowest BCUT2D eigenvalue weighted by atomic mass is 10.1. The highest BCUT2D eigenvalue weighted by molar-refractivity contribution is 5.29. The minimum absolute atomic E-state index is 0.0719. The van der Waals surface area contributed by atoms with E-state index in [-0.39, 0.29) is 11.8 Å². The van der Waals surface area contributed by atoms with Gasteiger partial charge >= 0.3 is 0 Å². The topological polar surface area (TPSA) is 58.0 Å². The Morgan fingerprint density at radius 1 is 1.39 bits per heavy atom. The van der Waals surface area contributed by atoms with E-state index in [0.29, 0.717) is 12.1 Å². The molecule has 0 bridgehead atoms. The summed E-state index contributed by atoms with van der Waals surface area (Å²) in [6.45, 7) is 2.36. The fourth-order valence-corrected chi connectivity index (χ4v) is 1.66. The van der Waals surface area contributed by atoms with Crippen molar-refractivity contribution in [1.82, 2.24) is 15.5 Å². The maximum absolute atomic E-state index is 13.6. The first-order chi connectivity index (χ1) is 8.66. The predicted octanol–water partition coefficient (Wildman–Crippen LogP) is 2.17. The van der Waals surface area contributed by atoms with Gasteiger partial charge in [-0.2, -0.15) is 10.2 Å². The molecule has 0 aliphatic heterocycles. The van der Waals surface area contributed by atoms with E-state index in [9.17, 15) is 4.39 Å². The standard InChI is InChI=1S/C13H14FN3O/c1-9(12-5-4-11(18)7-13(12)14)15-8-10-3-2-6-16-17-10/h2-7,9,15,18H,8H2,1H3. The van der Waals surface area contributed by atoms with Crippen LogP contribution in [0.4, 0.5) is 4.39 Å². The Morgan fingerprint density at radius 2 is 2.22 bits per heavy atom. The zero-order valence-electron chi connectivity index (χ0n) is 9.97. The second-order valence-electron chi connectivity index (χ2n) is 4.02. The molecular formula is C13H14FN3O. The zero-order valence-corrected chi connectivity index (χ0v) is 9.97. The number of halogens is 1. The van der Waals surface area contributed by atoms with Gasteiger partial charge in [-0.1, -0.05) is 6.07 Å². The van der Waals surface area contributed by atoms with Crippen LogP contribution in [0.3, 0.4) is 0 Å². The second kappa shape index (κ2) is 5.55. The maximum Gasteiger partial charge on any atom is 0.131 e. The van der Waals surface area contributed by atoms with Gasteiger partial charge in [0.15, 0.2) is 0 Å². The summed E-state index contributed by atoms with van der Waals surface area (Å²) in [4.78, 5) is 0. The highest BCUT2D eigenvalue weighted by Gasteiger charge is 2.11. The molecule has 94 valence electrons. The number of nitrogens with zero attached hydrogens (tertiary/aromatic N) is 2. The summed E-state index contributed by atoms with van der Waals surface area (Å²) in [6, 6.07) is 7.62. The van der Waals surface area contributed by atoms with Crippen molar-refractivity contribution in [2.24, 2.45) is 0 Å². The summed E-state index contributed by atoms with van der Waals surface area (Å²) in [5.74, 6) is -0.494. The van der Waals surface area contributed by atoms with Gasteiger partial charge in [-0.25, -0.2) is 4.39 Å². The number of phenolic OH excluding ortho intramolecular Hbond substituents is 1. The van der Waals surface area contributed by atoms with Crippen LogP contribution in [-0.4, -0.2) is 15.3 Å². The van der Waals surface area contributed by atoms with Crippen molar-refractivity contribution in [3.05, 3.63) is 53.6 Å². The lowest BCUT2D eigenvalue weighted by molar-refractivity contribution is 0.463. The normalized spacial score (nSPS) is 12.3. The molecular weight excluding hydrogens is 233 g/mol. The lowest BCUT2D eigenvalue weighted by Gasteiger charge is -2.14. The third-order valence-electron chi connectivity index (χ3n) is 2.67. The first-order valence-corrected chi connectivity index (χ1v) is 5.65. The van der Waals surface area contributed by atoms with Crippen LogP contribution in [-0.2, 0) is 6.54 Å². The van der Waals surface area contributed by atoms with Crippen molar-refractivity contribution in [1.29, 1.82) is 0 Å². The molecule has 1 aromatic carbocycles. The number of nitrogens with one attached hydrogen (secondary N) is 1. The number of rotatable bonds is 4. The van der Waals surface area contributed by atoms with E-state index < -0.39 is 5.82 Å². The number of phenols is 1. The molecule has 2 rings (SSSR count). The molecule has 4 nitrogen and oxygen atoms in total. The average Bonchev–Trinajstić information content (AvgIpc) is 2.37. The van der Waals surface area contributed by atoms with Crippen LogP contribution >= 0.6 is 0 Å². The van der Waals surface area contributed by atoms with Gasteiger partial charge in [-0.3, -0.25) is 0 Å².